The summed E-state index contributed by atoms with van der Waals surface area (Å²) >= 11 is 5.96. The fourth-order valence-corrected chi connectivity index (χ4v) is 2.07. The van der Waals surface area contributed by atoms with Crippen LogP contribution in [0.5, 0.6) is 0 Å². The van der Waals surface area contributed by atoms with E-state index >= 15 is 0 Å². The Hall–Kier alpha value is -0.600. The number of hydrogen-bond acceptors (Lipinski definition) is 1. The summed E-state index contributed by atoms with van der Waals surface area (Å²) in [5.41, 5.74) is 6.59. The summed E-state index contributed by atoms with van der Waals surface area (Å²) in [6.07, 6.45) is 2.67. The molecule has 1 aromatic carbocycles. The molecule has 3 heteroatoms. The maximum atomic E-state index is 13.5. The first-order valence-electron chi connectivity index (χ1n) is 5.74. The molecule has 1 aromatic rings. The van der Waals surface area contributed by atoms with E-state index in [-0.39, 0.29) is 11.9 Å². The molecule has 1 nitrogen and oxygen atoms in total. The predicted molar refractivity (Wildman–Crippen MR) is 67.2 cm³/mol. The minimum absolute atomic E-state index is 0.0330. The molecular formula is C13H19ClFN. The first-order chi connectivity index (χ1) is 7.56. The van der Waals surface area contributed by atoms with Gasteiger partial charge in [-0.2, -0.15) is 0 Å². The molecule has 0 saturated heterocycles. The van der Waals surface area contributed by atoms with Gasteiger partial charge in [0, 0.05) is 16.6 Å². The SMILES string of the molecule is CCCC(C)C(N)Cc1c(F)cccc1Cl. The van der Waals surface area contributed by atoms with Crippen LogP contribution in [-0.2, 0) is 6.42 Å². The summed E-state index contributed by atoms with van der Waals surface area (Å²) < 4.78 is 13.5. The van der Waals surface area contributed by atoms with Crippen LogP contribution in [0.3, 0.4) is 0 Å². The molecule has 0 radical (unpaired) electrons. The quantitative estimate of drug-likeness (QED) is 0.837. The van der Waals surface area contributed by atoms with Gasteiger partial charge in [0.25, 0.3) is 0 Å². The number of nitrogens with two attached hydrogens (primary N) is 1. The van der Waals surface area contributed by atoms with Gasteiger partial charge in [-0.05, 0) is 30.9 Å². The van der Waals surface area contributed by atoms with Crippen molar-refractivity contribution in [2.45, 2.75) is 39.2 Å². The van der Waals surface area contributed by atoms with Gasteiger partial charge in [-0.25, -0.2) is 4.39 Å². The second kappa shape index (κ2) is 6.21. The van der Waals surface area contributed by atoms with Crippen LogP contribution >= 0.6 is 11.6 Å². The minimum Gasteiger partial charge on any atom is -0.327 e. The molecule has 2 unspecified atom stereocenters. The van der Waals surface area contributed by atoms with E-state index in [1.807, 2.05) is 0 Å². The fourth-order valence-electron chi connectivity index (χ4n) is 1.83. The van der Waals surface area contributed by atoms with Crippen molar-refractivity contribution in [2.75, 3.05) is 0 Å². The lowest BCUT2D eigenvalue weighted by atomic mass is 9.92. The van der Waals surface area contributed by atoms with Crippen molar-refractivity contribution in [3.05, 3.63) is 34.6 Å². The number of benzene rings is 1. The highest BCUT2D eigenvalue weighted by Gasteiger charge is 2.16. The Morgan fingerprint density at radius 1 is 1.44 bits per heavy atom. The summed E-state index contributed by atoms with van der Waals surface area (Å²) in [6.45, 7) is 4.22. The van der Waals surface area contributed by atoms with Gasteiger partial charge in [-0.15, -0.1) is 0 Å². The lowest BCUT2D eigenvalue weighted by Gasteiger charge is -2.20. The third kappa shape index (κ3) is 3.46. The van der Waals surface area contributed by atoms with Crippen LogP contribution in [0.1, 0.15) is 32.3 Å². The highest BCUT2D eigenvalue weighted by molar-refractivity contribution is 6.31. The van der Waals surface area contributed by atoms with Crippen molar-refractivity contribution in [3.63, 3.8) is 0 Å². The molecule has 0 bridgehead atoms. The third-order valence-corrected chi connectivity index (χ3v) is 3.33. The average molecular weight is 244 g/mol. The minimum atomic E-state index is -0.258. The summed E-state index contributed by atoms with van der Waals surface area (Å²) in [5, 5.41) is 0.471. The van der Waals surface area contributed by atoms with Crippen molar-refractivity contribution >= 4 is 11.6 Å². The Morgan fingerprint density at radius 3 is 2.69 bits per heavy atom. The van der Waals surface area contributed by atoms with Crippen molar-refractivity contribution in [1.29, 1.82) is 0 Å². The van der Waals surface area contributed by atoms with Gasteiger partial charge in [0.15, 0.2) is 0 Å². The molecule has 2 N–H and O–H groups in total. The molecule has 0 aliphatic carbocycles. The standard InChI is InChI=1S/C13H19ClFN/c1-3-5-9(2)13(16)8-10-11(14)6-4-7-12(10)15/h4,6-7,9,13H,3,5,8,16H2,1-2H3. The Balaban J connectivity index is 2.72. The normalized spacial score (nSPS) is 14.8. The fraction of sp³-hybridized carbons (Fsp3) is 0.538. The van der Waals surface area contributed by atoms with E-state index in [4.69, 9.17) is 17.3 Å². The lowest BCUT2D eigenvalue weighted by molar-refractivity contribution is 0.415. The van der Waals surface area contributed by atoms with Gasteiger partial charge in [0.05, 0.1) is 0 Å². The van der Waals surface area contributed by atoms with Crippen molar-refractivity contribution in [2.24, 2.45) is 11.7 Å². The molecule has 0 amide bonds. The molecule has 0 fully saturated rings. The number of halogens is 2. The van der Waals surface area contributed by atoms with Gasteiger partial charge in [-0.1, -0.05) is 37.9 Å². The zero-order valence-electron chi connectivity index (χ0n) is 9.84. The average Bonchev–Trinajstić information content (AvgIpc) is 2.23. The zero-order chi connectivity index (χ0) is 12.1. The molecule has 0 aliphatic heterocycles. The number of hydrogen-bond donors (Lipinski definition) is 1. The van der Waals surface area contributed by atoms with E-state index in [2.05, 4.69) is 13.8 Å². The molecule has 0 heterocycles. The second-order valence-electron chi connectivity index (χ2n) is 4.33. The summed E-state index contributed by atoms with van der Waals surface area (Å²) in [4.78, 5) is 0. The second-order valence-corrected chi connectivity index (χ2v) is 4.74. The van der Waals surface area contributed by atoms with Crippen LogP contribution in [0.25, 0.3) is 0 Å². The third-order valence-electron chi connectivity index (χ3n) is 2.98. The Morgan fingerprint density at radius 2 is 2.12 bits per heavy atom. The highest BCUT2D eigenvalue weighted by Crippen LogP contribution is 2.22. The van der Waals surface area contributed by atoms with Crippen LogP contribution in [0.4, 0.5) is 4.39 Å². The topological polar surface area (TPSA) is 26.0 Å². The van der Waals surface area contributed by atoms with Crippen molar-refractivity contribution < 1.29 is 4.39 Å². The molecule has 2 atom stereocenters. The van der Waals surface area contributed by atoms with Gasteiger partial charge in [-0.3, -0.25) is 0 Å². The van der Waals surface area contributed by atoms with E-state index in [0.717, 1.165) is 12.8 Å². The summed E-state index contributed by atoms with van der Waals surface area (Å²) in [5.74, 6) is 0.132. The van der Waals surface area contributed by atoms with Gasteiger partial charge in [0.2, 0.25) is 0 Å². The van der Waals surface area contributed by atoms with Crippen LogP contribution in [-0.4, -0.2) is 6.04 Å². The van der Waals surface area contributed by atoms with Crippen molar-refractivity contribution in [1.82, 2.24) is 0 Å². The maximum Gasteiger partial charge on any atom is 0.127 e. The first-order valence-corrected chi connectivity index (χ1v) is 6.12. The van der Waals surface area contributed by atoms with Crippen LogP contribution < -0.4 is 5.73 Å². The van der Waals surface area contributed by atoms with Gasteiger partial charge in [0.1, 0.15) is 5.82 Å². The van der Waals surface area contributed by atoms with Crippen molar-refractivity contribution in [3.8, 4) is 0 Å². The largest absolute Gasteiger partial charge is 0.327 e. The van der Waals surface area contributed by atoms with Gasteiger partial charge < -0.3 is 5.73 Å². The number of rotatable bonds is 5. The molecule has 16 heavy (non-hydrogen) atoms. The Bertz CT molecular complexity index is 320. The van der Waals surface area contributed by atoms with E-state index in [0.29, 0.717) is 22.9 Å². The highest BCUT2D eigenvalue weighted by atomic mass is 35.5. The van der Waals surface area contributed by atoms with Crippen LogP contribution in [0.15, 0.2) is 18.2 Å². The Labute approximate surface area is 102 Å². The van der Waals surface area contributed by atoms with Crippen LogP contribution in [0, 0.1) is 11.7 Å². The summed E-state index contributed by atoms with van der Waals surface area (Å²) in [6, 6.07) is 4.71. The predicted octanol–water partition coefficient (Wildman–Crippen LogP) is 3.79. The molecule has 1 rings (SSSR count). The smallest absolute Gasteiger partial charge is 0.127 e. The molecule has 0 aromatic heterocycles. The maximum absolute atomic E-state index is 13.5. The molecule has 0 aliphatic rings. The lowest BCUT2D eigenvalue weighted by Crippen LogP contribution is -2.31. The molecule has 90 valence electrons. The van der Waals surface area contributed by atoms with E-state index in [1.165, 1.54) is 6.07 Å². The van der Waals surface area contributed by atoms with E-state index < -0.39 is 0 Å². The van der Waals surface area contributed by atoms with E-state index in [9.17, 15) is 4.39 Å². The van der Waals surface area contributed by atoms with Gasteiger partial charge >= 0.3 is 0 Å². The molecule has 0 saturated carbocycles. The molecular weight excluding hydrogens is 225 g/mol. The van der Waals surface area contributed by atoms with E-state index in [1.54, 1.807) is 12.1 Å². The Kier molecular flexibility index (Phi) is 5.23. The van der Waals surface area contributed by atoms with Crippen LogP contribution in [0.2, 0.25) is 5.02 Å². The molecule has 0 spiro atoms. The monoisotopic (exact) mass is 243 g/mol. The zero-order valence-corrected chi connectivity index (χ0v) is 10.6. The first kappa shape index (κ1) is 13.5. The summed E-state index contributed by atoms with van der Waals surface area (Å²) in [7, 11) is 0.